The van der Waals surface area contributed by atoms with E-state index in [0.29, 0.717) is 12.3 Å². The van der Waals surface area contributed by atoms with Crippen LogP contribution in [0.5, 0.6) is 0 Å². The molecule has 2 unspecified atom stereocenters. The van der Waals surface area contributed by atoms with Gasteiger partial charge in [0.1, 0.15) is 5.67 Å². The molecule has 116 valence electrons. The Bertz CT molecular complexity index is 330. The fraction of sp³-hybridized carbons (Fsp3) is 0.778. The summed E-state index contributed by atoms with van der Waals surface area (Å²) in [6.45, 7) is 12.5. The molecule has 0 aliphatic heterocycles. The smallest absolute Gasteiger partial charge is 0.136 e. The molecule has 1 rings (SSSR count). The number of halogens is 1. The van der Waals surface area contributed by atoms with Gasteiger partial charge in [0.25, 0.3) is 0 Å². The zero-order valence-electron chi connectivity index (χ0n) is 13.6. The first kappa shape index (κ1) is 17.4. The third-order valence-electron chi connectivity index (χ3n) is 4.46. The molecule has 0 heterocycles. The van der Waals surface area contributed by atoms with Gasteiger partial charge in [0, 0.05) is 0 Å². The molecular weight excluding hydrogens is 251 g/mol. The van der Waals surface area contributed by atoms with Gasteiger partial charge in [0.15, 0.2) is 0 Å². The topological polar surface area (TPSA) is 9.23 Å². The predicted molar refractivity (Wildman–Crippen MR) is 84.6 cm³/mol. The van der Waals surface area contributed by atoms with Crippen LogP contribution in [0, 0.1) is 11.8 Å². The lowest BCUT2D eigenvalue weighted by molar-refractivity contribution is -0.0234. The molecule has 0 bridgehead atoms. The van der Waals surface area contributed by atoms with Gasteiger partial charge < -0.3 is 4.74 Å². The van der Waals surface area contributed by atoms with Crippen LogP contribution in [0.2, 0.25) is 0 Å². The van der Waals surface area contributed by atoms with E-state index < -0.39 is 5.67 Å². The van der Waals surface area contributed by atoms with Gasteiger partial charge in [-0.2, -0.15) is 0 Å². The molecule has 2 atom stereocenters. The molecule has 0 N–H and O–H groups in total. The minimum absolute atomic E-state index is 0.0734. The quantitative estimate of drug-likeness (QED) is 0.483. The summed E-state index contributed by atoms with van der Waals surface area (Å²) in [6.07, 6.45) is 8.40. The second kappa shape index (κ2) is 7.97. The molecule has 0 amide bonds. The van der Waals surface area contributed by atoms with Gasteiger partial charge in [-0.3, -0.25) is 0 Å². The van der Waals surface area contributed by atoms with E-state index in [1.807, 2.05) is 6.92 Å². The van der Waals surface area contributed by atoms with Crippen molar-refractivity contribution in [3.05, 3.63) is 24.3 Å². The van der Waals surface area contributed by atoms with Crippen LogP contribution < -0.4 is 0 Å². The molecule has 0 aromatic heterocycles. The van der Waals surface area contributed by atoms with E-state index in [1.54, 1.807) is 6.08 Å². The zero-order valence-corrected chi connectivity index (χ0v) is 13.6. The van der Waals surface area contributed by atoms with Gasteiger partial charge in [0.05, 0.1) is 12.7 Å². The molecule has 0 aromatic rings. The maximum absolute atomic E-state index is 14.6. The number of alkyl halides is 1. The molecule has 1 nitrogen and oxygen atoms in total. The first-order chi connectivity index (χ1) is 9.46. The minimum Gasteiger partial charge on any atom is -0.371 e. The number of allylic oxidation sites excluding steroid dienone is 1. The van der Waals surface area contributed by atoms with Crippen molar-refractivity contribution in [2.75, 3.05) is 6.61 Å². The lowest BCUT2D eigenvalue weighted by Gasteiger charge is -2.25. The van der Waals surface area contributed by atoms with Gasteiger partial charge in [-0.05, 0) is 43.9 Å². The summed E-state index contributed by atoms with van der Waals surface area (Å²) < 4.78 is 20.4. The summed E-state index contributed by atoms with van der Waals surface area (Å²) in [5, 5.41) is 0. The van der Waals surface area contributed by atoms with Crippen LogP contribution in [0.15, 0.2) is 24.3 Å². The first-order valence-electron chi connectivity index (χ1n) is 8.08. The van der Waals surface area contributed by atoms with Gasteiger partial charge in [-0.1, -0.05) is 45.4 Å². The van der Waals surface area contributed by atoms with Crippen molar-refractivity contribution in [3.8, 4) is 0 Å². The van der Waals surface area contributed by atoms with E-state index in [1.165, 1.54) is 5.57 Å². The fourth-order valence-corrected chi connectivity index (χ4v) is 2.64. The Morgan fingerprint density at radius 1 is 1.40 bits per heavy atom. The molecular formula is C18H31FO. The Kier molecular flexibility index (Phi) is 6.94. The molecule has 2 heteroatoms. The summed E-state index contributed by atoms with van der Waals surface area (Å²) in [6, 6.07) is 0. The van der Waals surface area contributed by atoms with Crippen LogP contribution in [0.1, 0.15) is 59.8 Å². The monoisotopic (exact) mass is 282 g/mol. The standard InChI is InChI=1S/C18H31FO/c1-6-15(14(4)5)9-12-17(7-2)20-13-18(19,8-3)16-10-11-16/h7,9,14,16-17H,2,6,8,10-13H2,1,3-5H3. The summed E-state index contributed by atoms with van der Waals surface area (Å²) in [5.74, 6) is 0.781. The maximum Gasteiger partial charge on any atom is 0.136 e. The Balaban J connectivity index is 2.48. The molecule has 1 aliphatic carbocycles. The highest BCUT2D eigenvalue weighted by Crippen LogP contribution is 2.44. The zero-order chi connectivity index (χ0) is 15.2. The molecule has 0 spiro atoms. The average Bonchev–Trinajstić information content (AvgIpc) is 3.26. The molecule has 1 saturated carbocycles. The van der Waals surface area contributed by atoms with Crippen molar-refractivity contribution in [2.24, 2.45) is 11.8 Å². The van der Waals surface area contributed by atoms with Crippen LogP contribution in [0.4, 0.5) is 4.39 Å². The van der Waals surface area contributed by atoms with E-state index in [0.717, 1.165) is 25.7 Å². The summed E-state index contributed by atoms with van der Waals surface area (Å²) in [7, 11) is 0. The second-order valence-electron chi connectivity index (χ2n) is 6.27. The maximum atomic E-state index is 14.6. The van der Waals surface area contributed by atoms with Gasteiger partial charge in [-0.15, -0.1) is 6.58 Å². The average molecular weight is 282 g/mol. The fourth-order valence-electron chi connectivity index (χ4n) is 2.64. The van der Waals surface area contributed by atoms with E-state index in [4.69, 9.17) is 4.74 Å². The van der Waals surface area contributed by atoms with Crippen molar-refractivity contribution in [1.82, 2.24) is 0 Å². The summed E-state index contributed by atoms with van der Waals surface area (Å²) >= 11 is 0. The molecule has 20 heavy (non-hydrogen) atoms. The predicted octanol–water partition coefficient (Wildman–Crippen LogP) is 5.47. The summed E-state index contributed by atoms with van der Waals surface area (Å²) in [4.78, 5) is 0. The third-order valence-corrected chi connectivity index (χ3v) is 4.46. The largest absolute Gasteiger partial charge is 0.371 e. The van der Waals surface area contributed by atoms with E-state index in [-0.39, 0.29) is 18.6 Å². The Labute approximate surface area is 124 Å². The van der Waals surface area contributed by atoms with E-state index in [2.05, 4.69) is 33.4 Å². The number of hydrogen-bond acceptors (Lipinski definition) is 1. The molecule has 0 aromatic carbocycles. The van der Waals surface area contributed by atoms with Crippen molar-refractivity contribution in [1.29, 1.82) is 0 Å². The van der Waals surface area contributed by atoms with Crippen LogP contribution >= 0.6 is 0 Å². The normalized spacial score (nSPS) is 20.8. The van der Waals surface area contributed by atoms with Crippen LogP contribution in [0.25, 0.3) is 0 Å². The van der Waals surface area contributed by atoms with Gasteiger partial charge >= 0.3 is 0 Å². The van der Waals surface area contributed by atoms with Gasteiger partial charge in [-0.25, -0.2) is 4.39 Å². The van der Waals surface area contributed by atoms with Crippen molar-refractivity contribution < 1.29 is 9.13 Å². The van der Waals surface area contributed by atoms with Crippen LogP contribution in [0.3, 0.4) is 0 Å². The highest BCUT2D eigenvalue weighted by molar-refractivity contribution is 5.06. The lowest BCUT2D eigenvalue weighted by atomic mass is 9.97. The molecule has 1 fully saturated rings. The molecule has 1 aliphatic rings. The number of ether oxygens (including phenoxy) is 1. The first-order valence-corrected chi connectivity index (χ1v) is 8.08. The van der Waals surface area contributed by atoms with Crippen LogP contribution in [-0.4, -0.2) is 18.4 Å². The Morgan fingerprint density at radius 2 is 2.05 bits per heavy atom. The molecule has 0 saturated heterocycles. The minimum atomic E-state index is -1.13. The van der Waals surface area contributed by atoms with Crippen molar-refractivity contribution in [2.45, 2.75) is 71.6 Å². The number of rotatable bonds is 10. The van der Waals surface area contributed by atoms with Crippen molar-refractivity contribution in [3.63, 3.8) is 0 Å². The SMILES string of the molecule is C=CC(CC=C(CC)C(C)C)OCC(F)(CC)C1CC1. The highest BCUT2D eigenvalue weighted by atomic mass is 19.1. The molecule has 0 radical (unpaired) electrons. The number of hydrogen-bond donors (Lipinski definition) is 0. The highest BCUT2D eigenvalue weighted by Gasteiger charge is 2.44. The van der Waals surface area contributed by atoms with Crippen molar-refractivity contribution >= 4 is 0 Å². The van der Waals surface area contributed by atoms with Crippen LogP contribution in [-0.2, 0) is 4.74 Å². The van der Waals surface area contributed by atoms with E-state index in [9.17, 15) is 4.39 Å². The second-order valence-corrected chi connectivity index (χ2v) is 6.27. The summed E-state index contributed by atoms with van der Waals surface area (Å²) in [5.41, 5.74) is 0.306. The lowest BCUT2D eigenvalue weighted by Crippen LogP contribution is -2.33. The van der Waals surface area contributed by atoms with E-state index >= 15 is 0 Å². The van der Waals surface area contributed by atoms with Gasteiger partial charge in [0.2, 0.25) is 0 Å². The Hall–Kier alpha value is -0.630. The third kappa shape index (κ3) is 5.05. The Morgan fingerprint density at radius 3 is 2.45 bits per heavy atom.